The Labute approximate surface area is 95.4 Å². The maximum absolute atomic E-state index is 8.67. The molecule has 0 unspecified atom stereocenters. The van der Waals surface area contributed by atoms with E-state index in [0.29, 0.717) is 0 Å². The second kappa shape index (κ2) is 5.93. The highest BCUT2D eigenvalue weighted by molar-refractivity contribution is 5.60. The Hall–Kier alpha value is -1.80. The van der Waals surface area contributed by atoms with E-state index >= 15 is 0 Å². The van der Waals surface area contributed by atoms with Gasteiger partial charge < -0.3 is 4.89 Å². The minimum Gasteiger partial charge on any atom is -0.341 e. The molecule has 0 heterocycles. The van der Waals surface area contributed by atoms with Crippen LogP contribution in [0.25, 0.3) is 11.6 Å². The van der Waals surface area contributed by atoms with E-state index in [1.54, 1.807) is 6.08 Å². The molecule has 16 heavy (non-hydrogen) atoms. The first kappa shape index (κ1) is 12.3. The molecule has 0 aliphatic rings. The highest BCUT2D eigenvalue weighted by Crippen LogP contribution is 2.10. The van der Waals surface area contributed by atoms with Gasteiger partial charge in [0.05, 0.1) is 0 Å². The summed E-state index contributed by atoms with van der Waals surface area (Å²) >= 11 is 0. The molecule has 0 spiro atoms. The Bertz CT molecular complexity index is 498. The summed E-state index contributed by atoms with van der Waals surface area (Å²) in [6.45, 7) is 9.34. The first-order valence-corrected chi connectivity index (χ1v) is 5.16. The largest absolute Gasteiger partial charge is 0.341 e. The van der Waals surface area contributed by atoms with Gasteiger partial charge in [0.1, 0.15) is 0 Å². The highest BCUT2D eigenvalue weighted by Gasteiger charge is 2.03. The molecule has 2 nitrogen and oxygen atoms in total. The summed E-state index contributed by atoms with van der Waals surface area (Å²) in [5, 5.41) is 10.7. The van der Waals surface area contributed by atoms with E-state index < -0.39 is 0 Å². The lowest BCUT2D eigenvalue weighted by atomic mass is 10.1. The average molecular weight is 216 g/mol. The van der Waals surface area contributed by atoms with E-state index in [-0.39, 0.29) is 5.76 Å². The van der Waals surface area contributed by atoms with Gasteiger partial charge in [-0.1, -0.05) is 56.5 Å². The predicted molar refractivity (Wildman–Crippen MR) is 66.9 cm³/mol. The van der Waals surface area contributed by atoms with Gasteiger partial charge in [-0.15, -0.1) is 0 Å². The molecule has 2 heteroatoms. The van der Waals surface area contributed by atoms with E-state index in [0.717, 1.165) is 22.4 Å². The van der Waals surface area contributed by atoms with Crippen molar-refractivity contribution in [3.05, 3.63) is 59.7 Å². The van der Waals surface area contributed by atoms with Gasteiger partial charge in [-0.3, -0.25) is 0 Å². The second-order valence-electron chi connectivity index (χ2n) is 3.34. The lowest BCUT2D eigenvalue weighted by Crippen LogP contribution is -2.26. The lowest BCUT2D eigenvalue weighted by Gasteiger charge is -2.05. The minimum atomic E-state index is 0.285. The lowest BCUT2D eigenvalue weighted by molar-refractivity contribution is -0.196. The van der Waals surface area contributed by atoms with Crippen LogP contribution < -0.4 is 10.4 Å². The van der Waals surface area contributed by atoms with E-state index in [1.807, 2.05) is 37.3 Å². The zero-order valence-corrected chi connectivity index (χ0v) is 9.44. The fourth-order valence-corrected chi connectivity index (χ4v) is 1.64. The van der Waals surface area contributed by atoms with Crippen molar-refractivity contribution in [3.63, 3.8) is 0 Å². The Balaban J connectivity index is 3.61. The quantitative estimate of drug-likeness (QED) is 0.475. The van der Waals surface area contributed by atoms with Crippen LogP contribution in [0.3, 0.4) is 0 Å². The monoisotopic (exact) mass is 216 g/mol. The number of allylic oxidation sites excluding steroid dienone is 2. The van der Waals surface area contributed by atoms with Crippen molar-refractivity contribution in [1.82, 2.24) is 0 Å². The van der Waals surface area contributed by atoms with Crippen molar-refractivity contribution in [2.45, 2.75) is 13.3 Å². The van der Waals surface area contributed by atoms with E-state index in [1.165, 1.54) is 0 Å². The molecule has 1 aromatic rings. The molecule has 0 atom stereocenters. The summed E-state index contributed by atoms with van der Waals surface area (Å²) in [5.74, 6) is 0.285. The second-order valence-corrected chi connectivity index (χ2v) is 3.34. The number of rotatable bonds is 4. The number of hydrogen-bond acceptors (Lipinski definition) is 2. The summed E-state index contributed by atoms with van der Waals surface area (Å²) < 4.78 is 0. The van der Waals surface area contributed by atoms with Gasteiger partial charge in [0.2, 0.25) is 0 Å². The fraction of sp³-hybridized carbons (Fsp3) is 0.143. The Morgan fingerprint density at radius 2 is 2.12 bits per heavy atom. The summed E-state index contributed by atoms with van der Waals surface area (Å²) in [6, 6.07) is 7.85. The van der Waals surface area contributed by atoms with Crippen molar-refractivity contribution in [1.29, 1.82) is 0 Å². The standard InChI is InChI=1S/C14H16O2/c1-4-8-12-9-6-7-10-14(12)13(5-2)11(3)16-15/h4,6-10,15H,1,3,5H2,2H3/b12-8-,14-13-. The Morgan fingerprint density at radius 1 is 1.44 bits per heavy atom. The SMILES string of the molecule is C=C/C=c1/cccc/c1=C(\CC)C(=C)OO. The molecular formula is C14H16O2. The zero-order chi connectivity index (χ0) is 12.0. The zero-order valence-electron chi connectivity index (χ0n) is 9.44. The minimum absolute atomic E-state index is 0.285. The number of hydrogen-bond donors (Lipinski definition) is 1. The molecule has 0 bridgehead atoms. The molecule has 0 radical (unpaired) electrons. The van der Waals surface area contributed by atoms with Crippen LogP contribution in [0.15, 0.2) is 49.3 Å². The molecule has 0 aliphatic heterocycles. The Morgan fingerprint density at radius 3 is 2.69 bits per heavy atom. The van der Waals surface area contributed by atoms with E-state index in [4.69, 9.17) is 5.26 Å². The van der Waals surface area contributed by atoms with Crippen LogP contribution in [0.5, 0.6) is 0 Å². The smallest absolute Gasteiger partial charge is 0.161 e. The first-order chi connectivity index (χ1) is 7.74. The highest BCUT2D eigenvalue weighted by atomic mass is 17.1. The van der Waals surface area contributed by atoms with Crippen molar-refractivity contribution >= 4 is 11.6 Å². The molecule has 1 rings (SSSR count). The van der Waals surface area contributed by atoms with Crippen LogP contribution in [0.2, 0.25) is 0 Å². The van der Waals surface area contributed by atoms with Crippen LogP contribution in [0.4, 0.5) is 0 Å². The van der Waals surface area contributed by atoms with Crippen molar-refractivity contribution in [2.24, 2.45) is 0 Å². The van der Waals surface area contributed by atoms with Gasteiger partial charge in [-0.25, -0.2) is 5.26 Å². The predicted octanol–water partition coefficient (Wildman–Crippen LogP) is 2.22. The molecule has 1 N–H and O–H groups in total. The first-order valence-electron chi connectivity index (χ1n) is 5.16. The van der Waals surface area contributed by atoms with Gasteiger partial charge >= 0.3 is 0 Å². The molecule has 0 saturated heterocycles. The van der Waals surface area contributed by atoms with Crippen LogP contribution in [-0.2, 0) is 4.89 Å². The third-order valence-corrected chi connectivity index (χ3v) is 2.38. The van der Waals surface area contributed by atoms with Crippen LogP contribution in [-0.4, -0.2) is 5.26 Å². The third-order valence-electron chi connectivity index (χ3n) is 2.38. The molecular weight excluding hydrogens is 200 g/mol. The normalized spacial score (nSPS) is 13.2. The maximum Gasteiger partial charge on any atom is 0.161 e. The van der Waals surface area contributed by atoms with Gasteiger partial charge in [0, 0.05) is 5.57 Å². The topological polar surface area (TPSA) is 29.5 Å². The van der Waals surface area contributed by atoms with Gasteiger partial charge in [-0.2, -0.15) is 0 Å². The molecule has 0 fully saturated rings. The summed E-state index contributed by atoms with van der Waals surface area (Å²) in [6.07, 6.45) is 4.38. The summed E-state index contributed by atoms with van der Waals surface area (Å²) in [7, 11) is 0. The average Bonchev–Trinajstić information content (AvgIpc) is 2.32. The van der Waals surface area contributed by atoms with Crippen molar-refractivity contribution < 1.29 is 10.1 Å². The van der Waals surface area contributed by atoms with Crippen LogP contribution in [0.1, 0.15) is 13.3 Å². The maximum atomic E-state index is 8.67. The van der Waals surface area contributed by atoms with Crippen molar-refractivity contribution in [3.8, 4) is 0 Å². The molecule has 0 amide bonds. The van der Waals surface area contributed by atoms with Crippen molar-refractivity contribution in [2.75, 3.05) is 0 Å². The van der Waals surface area contributed by atoms with Crippen LogP contribution >= 0.6 is 0 Å². The number of benzene rings is 1. The Kier molecular flexibility index (Phi) is 4.55. The molecule has 0 aromatic heterocycles. The van der Waals surface area contributed by atoms with E-state index in [9.17, 15) is 0 Å². The van der Waals surface area contributed by atoms with E-state index in [2.05, 4.69) is 18.0 Å². The van der Waals surface area contributed by atoms with Gasteiger partial charge in [0.25, 0.3) is 0 Å². The summed E-state index contributed by atoms with van der Waals surface area (Å²) in [4.78, 5) is 4.22. The summed E-state index contributed by atoms with van der Waals surface area (Å²) in [5.41, 5.74) is 0.885. The van der Waals surface area contributed by atoms with Gasteiger partial charge in [0.15, 0.2) is 5.76 Å². The van der Waals surface area contributed by atoms with Gasteiger partial charge in [-0.05, 0) is 16.9 Å². The molecule has 0 saturated carbocycles. The molecule has 1 aromatic carbocycles. The fourth-order valence-electron chi connectivity index (χ4n) is 1.64. The molecule has 84 valence electrons. The van der Waals surface area contributed by atoms with Crippen LogP contribution in [0, 0.1) is 0 Å². The molecule has 0 aliphatic carbocycles. The third kappa shape index (κ3) is 2.61.